The van der Waals surface area contributed by atoms with Crippen LogP contribution in [-0.4, -0.2) is 25.5 Å². The lowest BCUT2D eigenvalue weighted by Crippen LogP contribution is -2.20. The second kappa shape index (κ2) is 6.15. The Kier molecular flexibility index (Phi) is 4.84. The van der Waals surface area contributed by atoms with Crippen LogP contribution in [0.3, 0.4) is 0 Å². The largest absolute Gasteiger partial charge is 0.397 e. The summed E-state index contributed by atoms with van der Waals surface area (Å²) in [5.41, 5.74) is 7.51. The van der Waals surface area contributed by atoms with Gasteiger partial charge in [0, 0.05) is 0 Å². The Morgan fingerprint density at radius 1 is 1.53 bits per heavy atom. The zero-order valence-electron chi connectivity index (χ0n) is 9.37. The number of aryl methyl sites for hydroxylation is 1. The van der Waals surface area contributed by atoms with Crippen LogP contribution in [0, 0.1) is 6.92 Å². The molecule has 0 heterocycles. The molecular formula is C11H14F2N2O2. The molecule has 0 spiro atoms. The fraction of sp³-hybridized carbons (Fsp3) is 0.364. The number of amides is 1. The van der Waals surface area contributed by atoms with Gasteiger partial charge in [0.25, 0.3) is 6.43 Å². The van der Waals surface area contributed by atoms with Crippen LogP contribution in [0.4, 0.5) is 20.2 Å². The number of hydrogen-bond acceptors (Lipinski definition) is 3. The average Bonchev–Trinajstić information content (AvgIpc) is 2.21. The fourth-order valence-electron chi connectivity index (χ4n) is 1.22. The third kappa shape index (κ3) is 4.78. The van der Waals surface area contributed by atoms with Gasteiger partial charge in [0.05, 0.1) is 11.4 Å². The molecule has 0 fully saturated rings. The molecule has 1 aromatic carbocycles. The molecule has 0 bridgehead atoms. The number of rotatable bonds is 5. The van der Waals surface area contributed by atoms with Gasteiger partial charge in [-0.15, -0.1) is 0 Å². The van der Waals surface area contributed by atoms with Gasteiger partial charge < -0.3 is 15.8 Å². The normalized spacial score (nSPS) is 10.6. The second-order valence-corrected chi connectivity index (χ2v) is 3.55. The molecule has 0 unspecified atom stereocenters. The quantitative estimate of drug-likeness (QED) is 0.776. The maximum atomic E-state index is 11.7. The summed E-state index contributed by atoms with van der Waals surface area (Å²) in [6.07, 6.45) is -2.58. The SMILES string of the molecule is Cc1ccc(NC(=O)COCC(F)F)c(N)c1. The molecule has 3 N–H and O–H groups in total. The lowest BCUT2D eigenvalue weighted by molar-refractivity contribution is -0.121. The Bertz CT molecular complexity index is 397. The van der Waals surface area contributed by atoms with Crippen LogP contribution < -0.4 is 11.1 Å². The summed E-state index contributed by atoms with van der Waals surface area (Å²) in [7, 11) is 0. The third-order valence-corrected chi connectivity index (χ3v) is 1.96. The van der Waals surface area contributed by atoms with Crippen LogP contribution in [0.1, 0.15) is 5.56 Å². The van der Waals surface area contributed by atoms with Crippen LogP contribution in [-0.2, 0) is 9.53 Å². The minimum atomic E-state index is -2.58. The molecule has 94 valence electrons. The highest BCUT2D eigenvalue weighted by atomic mass is 19.3. The number of carbonyl (C=O) groups is 1. The molecule has 1 aromatic rings. The Labute approximate surface area is 97.8 Å². The zero-order chi connectivity index (χ0) is 12.8. The Hall–Kier alpha value is -1.69. The van der Waals surface area contributed by atoms with E-state index in [9.17, 15) is 13.6 Å². The molecule has 0 saturated carbocycles. The van der Waals surface area contributed by atoms with Gasteiger partial charge in [0.15, 0.2) is 0 Å². The number of benzene rings is 1. The van der Waals surface area contributed by atoms with Gasteiger partial charge in [-0.1, -0.05) is 6.07 Å². The number of carbonyl (C=O) groups excluding carboxylic acids is 1. The predicted octanol–water partition coefficient (Wildman–Crippen LogP) is 1.80. The monoisotopic (exact) mass is 244 g/mol. The van der Waals surface area contributed by atoms with Crippen molar-refractivity contribution >= 4 is 17.3 Å². The maximum Gasteiger partial charge on any atom is 0.261 e. The predicted molar refractivity (Wildman–Crippen MR) is 61.0 cm³/mol. The summed E-state index contributed by atoms with van der Waals surface area (Å²) in [6, 6.07) is 5.14. The van der Waals surface area contributed by atoms with Gasteiger partial charge in [-0.25, -0.2) is 8.78 Å². The summed E-state index contributed by atoms with van der Waals surface area (Å²) in [5.74, 6) is -0.513. The van der Waals surface area contributed by atoms with E-state index < -0.39 is 25.5 Å². The van der Waals surface area contributed by atoms with E-state index in [0.29, 0.717) is 11.4 Å². The number of nitrogen functional groups attached to an aromatic ring is 1. The van der Waals surface area contributed by atoms with Crippen molar-refractivity contribution in [3.63, 3.8) is 0 Å². The summed E-state index contributed by atoms with van der Waals surface area (Å²) in [6.45, 7) is 0.697. The minimum Gasteiger partial charge on any atom is -0.397 e. The Morgan fingerprint density at radius 3 is 2.82 bits per heavy atom. The molecule has 0 saturated heterocycles. The summed E-state index contributed by atoms with van der Waals surface area (Å²) in [5, 5.41) is 2.48. The molecule has 0 radical (unpaired) electrons. The van der Waals surface area contributed by atoms with Gasteiger partial charge in [-0.2, -0.15) is 0 Å². The summed E-state index contributed by atoms with van der Waals surface area (Å²) >= 11 is 0. The van der Waals surface area contributed by atoms with Crippen molar-refractivity contribution < 1.29 is 18.3 Å². The minimum absolute atomic E-state index is 0.419. The van der Waals surface area contributed by atoms with Crippen molar-refractivity contribution in [3.8, 4) is 0 Å². The standard InChI is InChI=1S/C11H14F2N2O2/c1-7-2-3-9(8(14)4-7)15-11(16)6-17-5-10(12)13/h2-4,10H,5-6,14H2,1H3,(H,15,16). The van der Waals surface area contributed by atoms with Gasteiger partial charge >= 0.3 is 0 Å². The summed E-state index contributed by atoms with van der Waals surface area (Å²) < 4.78 is 28.0. The van der Waals surface area contributed by atoms with E-state index in [0.717, 1.165) is 5.56 Å². The van der Waals surface area contributed by atoms with E-state index in [1.54, 1.807) is 18.2 Å². The first kappa shape index (κ1) is 13.4. The highest BCUT2D eigenvalue weighted by Crippen LogP contribution is 2.19. The first-order valence-corrected chi connectivity index (χ1v) is 5.01. The van der Waals surface area contributed by atoms with E-state index >= 15 is 0 Å². The maximum absolute atomic E-state index is 11.7. The number of anilines is 2. The first-order valence-electron chi connectivity index (χ1n) is 5.01. The molecule has 0 aromatic heterocycles. The molecule has 1 amide bonds. The molecule has 0 aliphatic heterocycles. The Balaban J connectivity index is 2.45. The Morgan fingerprint density at radius 2 is 2.24 bits per heavy atom. The average molecular weight is 244 g/mol. The van der Waals surface area contributed by atoms with Crippen LogP contribution in [0.15, 0.2) is 18.2 Å². The van der Waals surface area contributed by atoms with E-state index in [-0.39, 0.29) is 0 Å². The lowest BCUT2D eigenvalue weighted by Gasteiger charge is -2.09. The second-order valence-electron chi connectivity index (χ2n) is 3.55. The van der Waals surface area contributed by atoms with Crippen molar-refractivity contribution in [2.45, 2.75) is 13.3 Å². The number of alkyl halides is 2. The number of nitrogens with one attached hydrogen (secondary N) is 1. The number of ether oxygens (including phenoxy) is 1. The lowest BCUT2D eigenvalue weighted by atomic mass is 10.2. The third-order valence-electron chi connectivity index (χ3n) is 1.96. The van der Waals surface area contributed by atoms with E-state index in [1.165, 1.54) is 0 Å². The zero-order valence-corrected chi connectivity index (χ0v) is 9.37. The van der Waals surface area contributed by atoms with E-state index in [2.05, 4.69) is 10.1 Å². The van der Waals surface area contributed by atoms with Crippen molar-refractivity contribution in [1.29, 1.82) is 0 Å². The molecule has 1 rings (SSSR count). The van der Waals surface area contributed by atoms with Crippen molar-refractivity contribution in [1.82, 2.24) is 0 Å². The van der Waals surface area contributed by atoms with Crippen LogP contribution in [0.2, 0.25) is 0 Å². The van der Waals surface area contributed by atoms with Crippen LogP contribution in [0.5, 0.6) is 0 Å². The molecule has 6 heteroatoms. The van der Waals surface area contributed by atoms with Crippen molar-refractivity contribution in [3.05, 3.63) is 23.8 Å². The van der Waals surface area contributed by atoms with Crippen molar-refractivity contribution in [2.75, 3.05) is 24.3 Å². The number of nitrogens with two attached hydrogens (primary N) is 1. The highest BCUT2D eigenvalue weighted by molar-refractivity contribution is 5.94. The van der Waals surface area contributed by atoms with Crippen LogP contribution >= 0.6 is 0 Å². The number of hydrogen-bond donors (Lipinski definition) is 2. The van der Waals surface area contributed by atoms with E-state index in [4.69, 9.17) is 5.73 Å². The van der Waals surface area contributed by atoms with Gasteiger partial charge in [-0.3, -0.25) is 4.79 Å². The molecule has 0 aliphatic carbocycles. The molecule has 0 atom stereocenters. The van der Waals surface area contributed by atoms with Gasteiger partial charge in [0.1, 0.15) is 13.2 Å². The highest BCUT2D eigenvalue weighted by Gasteiger charge is 2.07. The topological polar surface area (TPSA) is 64.3 Å². The number of halogens is 2. The molecule has 0 aliphatic rings. The molecule has 4 nitrogen and oxygen atoms in total. The molecular weight excluding hydrogens is 230 g/mol. The fourth-order valence-corrected chi connectivity index (χ4v) is 1.22. The van der Waals surface area contributed by atoms with Crippen LogP contribution in [0.25, 0.3) is 0 Å². The first-order chi connectivity index (χ1) is 7.99. The van der Waals surface area contributed by atoms with E-state index in [1.807, 2.05) is 6.92 Å². The van der Waals surface area contributed by atoms with Crippen molar-refractivity contribution in [2.24, 2.45) is 0 Å². The van der Waals surface area contributed by atoms with Gasteiger partial charge in [0.2, 0.25) is 5.91 Å². The van der Waals surface area contributed by atoms with Gasteiger partial charge in [-0.05, 0) is 24.6 Å². The molecule has 17 heavy (non-hydrogen) atoms. The summed E-state index contributed by atoms with van der Waals surface area (Å²) in [4.78, 5) is 11.3. The smallest absolute Gasteiger partial charge is 0.261 e.